The highest BCUT2D eigenvalue weighted by Gasteiger charge is 2.11. The predicted octanol–water partition coefficient (Wildman–Crippen LogP) is 4.47. The van der Waals surface area contributed by atoms with E-state index in [1.165, 1.54) is 31.2 Å². The molecule has 1 aromatic heterocycles. The number of nitrogens with zero attached hydrogens (tertiary/aromatic N) is 3. The number of anilines is 1. The van der Waals surface area contributed by atoms with Crippen molar-refractivity contribution in [1.82, 2.24) is 15.0 Å². The molecule has 0 aliphatic heterocycles. The number of unbranched alkanes of at least 4 members (excludes halogenated alkanes) is 3. The number of thioether (sulfide) groups is 1. The first-order valence-corrected chi connectivity index (χ1v) is 10.9. The van der Waals surface area contributed by atoms with Crippen LogP contribution in [0.1, 0.15) is 62.3 Å². The number of hydrogen-bond acceptors (Lipinski definition) is 5. The molecule has 0 amide bonds. The van der Waals surface area contributed by atoms with Crippen LogP contribution < -0.4 is 5.73 Å². The van der Waals surface area contributed by atoms with Crippen LogP contribution >= 0.6 is 11.8 Å². The topological polar surface area (TPSA) is 66.0 Å². The molecule has 0 aliphatic carbocycles. The van der Waals surface area contributed by atoms with Crippen molar-refractivity contribution in [3.8, 4) is 0 Å². The third-order valence-corrected chi connectivity index (χ3v) is 4.87. The molecule has 0 bridgehead atoms. The Labute approximate surface area is 161 Å². The summed E-state index contributed by atoms with van der Waals surface area (Å²) in [5.74, 6) is 0.983. The van der Waals surface area contributed by atoms with Crippen molar-refractivity contribution in [3.63, 3.8) is 0 Å². The molecular weight excluding hydrogens is 344 g/mol. The van der Waals surface area contributed by atoms with Gasteiger partial charge in [-0.25, -0.2) is 4.68 Å². The van der Waals surface area contributed by atoms with Gasteiger partial charge in [-0.05, 0) is 36.3 Å². The third-order valence-electron chi connectivity index (χ3n) is 4.47. The zero-order chi connectivity index (χ0) is 18.8. The van der Waals surface area contributed by atoms with E-state index in [-0.39, 0.29) is 5.92 Å². The summed E-state index contributed by atoms with van der Waals surface area (Å²) in [6, 6.07) is 6.22. The average molecular weight is 377 g/mol. The molecule has 1 aromatic carbocycles. The van der Waals surface area contributed by atoms with E-state index in [4.69, 9.17) is 10.5 Å². The van der Waals surface area contributed by atoms with Crippen molar-refractivity contribution in [2.75, 3.05) is 24.5 Å². The molecular formula is C20H32N4OS. The van der Waals surface area contributed by atoms with E-state index < -0.39 is 0 Å². The van der Waals surface area contributed by atoms with Crippen LogP contribution in [0.15, 0.2) is 24.4 Å². The molecule has 5 nitrogen and oxygen atoms in total. The van der Waals surface area contributed by atoms with Crippen LogP contribution in [0.25, 0.3) is 0 Å². The second-order valence-corrected chi connectivity index (χ2v) is 7.67. The maximum atomic E-state index is 6.18. The molecule has 0 spiro atoms. The van der Waals surface area contributed by atoms with Gasteiger partial charge >= 0.3 is 0 Å². The normalized spacial score (nSPS) is 12.4. The Balaban J connectivity index is 1.95. The standard InChI is InChI=1S/C20H32N4OS/c1-4-5-6-7-8-18-13-24(23-22-18)12-17-9-10-20(21)19(11-17)16(2)14-25-15-26-3/h9-11,13,16H,4-8,12,14-15,21H2,1-3H3. The van der Waals surface area contributed by atoms with Gasteiger partial charge in [-0.15, -0.1) is 16.9 Å². The Bertz CT molecular complexity index is 659. The second-order valence-electron chi connectivity index (χ2n) is 6.86. The summed E-state index contributed by atoms with van der Waals surface area (Å²) < 4.78 is 7.57. The Kier molecular flexibility index (Phi) is 8.98. The van der Waals surface area contributed by atoms with Gasteiger partial charge in [0.15, 0.2) is 0 Å². The molecule has 26 heavy (non-hydrogen) atoms. The fourth-order valence-electron chi connectivity index (χ4n) is 3.00. The number of nitrogen functional groups attached to an aromatic ring is 1. The maximum absolute atomic E-state index is 6.18. The number of hydrogen-bond donors (Lipinski definition) is 1. The Morgan fingerprint density at radius 3 is 2.88 bits per heavy atom. The van der Waals surface area contributed by atoms with Gasteiger partial charge in [-0.1, -0.05) is 50.5 Å². The second kappa shape index (κ2) is 11.2. The molecule has 0 saturated carbocycles. The molecule has 2 N–H and O–H groups in total. The molecule has 2 aromatic rings. The number of ether oxygens (including phenoxy) is 1. The lowest BCUT2D eigenvalue weighted by Gasteiger charge is -2.16. The van der Waals surface area contributed by atoms with E-state index >= 15 is 0 Å². The molecule has 1 atom stereocenters. The van der Waals surface area contributed by atoms with Crippen molar-refractivity contribution >= 4 is 17.4 Å². The monoisotopic (exact) mass is 376 g/mol. The van der Waals surface area contributed by atoms with Gasteiger partial charge in [0.25, 0.3) is 0 Å². The smallest absolute Gasteiger partial charge is 0.0918 e. The lowest BCUT2D eigenvalue weighted by atomic mass is 9.98. The highest BCUT2D eigenvalue weighted by atomic mass is 32.2. The molecule has 0 radical (unpaired) electrons. The van der Waals surface area contributed by atoms with Crippen molar-refractivity contribution in [2.24, 2.45) is 0 Å². The molecule has 1 unspecified atom stereocenters. The van der Waals surface area contributed by atoms with E-state index in [1.807, 2.05) is 17.0 Å². The quantitative estimate of drug-likeness (QED) is 0.336. The van der Waals surface area contributed by atoms with Crippen LogP contribution in [0, 0.1) is 0 Å². The van der Waals surface area contributed by atoms with Gasteiger partial charge in [0.1, 0.15) is 0 Å². The molecule has 1 heterocycles. The summed E-state index contributed by atoms with van der Waals surface area (Å²) in [6.07, 6.45) is 10.1. The van der Waals surface area contributed by atoms with Crippen molar-refractivity contribution in [3.05, 3.63) is 41.2 Å². The Hall–Kier alpha value is -1.53. The van der Waals surface area contributed by atoms with Gasteiger partial charge in [0.05, 0.1) is 24.8 Å². The number of aromatic nitrogens is 3. The SMILES string of the molecule is CCCCCCc1cn(Cc2ccc(N)c(C(C)COCSC)c2)nn1. The van der Waals surface area contributed by atoms with E-state index in [1.54, 1.807) is 11.8 Å². The van der Waals surface area contributed by atoms with Gasteiger partial charge in [0, 0.05) is 17.8 Å². The van der Waals surface area contributed by atoms with Crippen molar-refractivity contribution in [1.29, 1.82) is 0 Å². The number of nitrogens with two attached hydrogens (primary N) is 1. The summed E-state index contributed by atoms with van der Waals surface area (Å²) in [7, 11) is 0. The van der Waals surface area contributed by atoms with E-state index in [0.29, 0.717) is 19.1 Å². The minimum atomic E-state index is 0.270. The molecule has 144 valence electrons. The Morgan fingerprint density at radius 1 is 1.27 bits per heavy atom. The van der Waals surface area contributed by atoms with Gasteiger partial charge in [0.2, 0.25) is 0 Å². The predicted molar refractivity (Wildman–Crippen MR) is 111 cm³/mol. The molecule has 0 fully saturated rings. The number of aryl methyl sites for hydroxylation is 1. The molecule has 6 heteroatoms. The number of rotatable bonds is 12. The highest BCUT2D eigenvalue weighted by Crippen LogP contribution is 2.24. The van der Waals surface area contributed by atoms with Crippen LogP contribution in [0.2, 0.25) is 0 Å². The van der Waals surface area contributed by atoms with Gasteiger partial charge in [-0.3, -0.25) is 0 Å². The van der Waals surface area contributed by atoms with Gasteiger partial charge < -0.3 is 10.5 Å². The van der Waals surface area contributed by atoms with Crippen molar-refractivity contribution < 1.29 is 4.74 Å². The average Bonchev–Trinajstić information content (AvgIpc) is 3.08. The first-order chi connectivity index (χ1) is 12.6. The minimum absolute atomic E-state index is 0.270. The van der Waals surface area contributed by atoms with E-state index in [2.05, 4.69) is 42.5 Å². The van der Waals surface area contributed by atoms with Crippen LogP contribution in [0.4, 0.5) is 5.69 Å². The van der Waals surface area contributed by atoms with Crippen molar-refractivity contribution in [2.45, 2.75) is 58.4 Å². The molecule has 2 rings (SSSR count). The summed E-state index contributed by atoms with van der Waals surface area (Å²) in [6.45, 7) is 5.78. The summed E-state index contributed by atoms with van der Waals surface area (Å²) >= 11 is 1.69. The fourth-order valence-corrected chi connectivity index (χ4v) is 3.26. The van der Waals surface area contributed by atoms with Crippen LogP contribution in [0.5, 0.6) is 0 Å². The lowest BCUT2D eigenvalue weighted by molar-refractivity contribution is 0.170. The summed E-state index contributed by atoms with van der Waals surface area (Å²) in [4.78, 5) is 0. The summed E-state index contributed by atoms with van der Waals surface area (Å²) in [5, 5.41) is 8.58. The maximum Gasteiger partial charge on any atom is 0.0918 e. The van der Waals surface area contributed by atoms with E-state index in [9.17, 15) is 0 Å². The van der Waals surface area contributed by atoms with Gasteiger partial charge in [-0.2, -0.15) is 0 Å². The molecule has 0 saturated heterocycles. The largest absolute Gasteiger partial charge is 0.398 e. The fraction of sp³-hybridized carbons (Fsp3) is 0.600. The van der Waals surface area contributed by atoms with Crippen LogP contribution in [-0.2, 0) is 17.7 Å². The minimum Gasteiger partial charge on any atom is -0.398 e. The first-order valence-electron chi connectivity index (χ1n) is 9.48. The number of benzene rings is 1. The lowest BCUT2D eigenvalue weighted by Crippen LogP contribution is -2.09. The Morgan fingerprint density at radius 2 is 2.12 bits per heavy atom. The van der Waals surface area contributed by atoms with E-state index in [0.717, 1.165) is 23.4 Å². The van der Waals surface area contributed by atoms with Crippen LogP contribution in [-0.4, -0.2) is 33.8 Å². The van der Waals surface area contributed by atoms with Crippen LogP contribution in [0.3, 0.4) is 0 Å². The first kappa shape index (κ1) is 20.8. The molecule has 0 aliphatic rings. The highest BCUT2D eigenvalue weighted by molar-refractivity contribution is 7.98. The third kappa shape index (κ3) is 6.65. The zero-order valence-electron chi connectivity index (χ0n) is 16.3. The summed E-state index contributed by atoms with van der Waals surface area (Å²) in [5.41, 5.74) is 10.4. The zero-order valence-corrected chi connectivity index (χ0v) is 17.1.